The van der Waals surface area contributed by atoms with Crippen molar-refractivity contribution < 1.29 is 28.8 Å². The first-order chi connectivity index (χ1) is 21.4. The van der Waals surface area contributed by atoms with Gasteiger partial charge in [0.05, 0.1) is 16.2 Å². The molecule has 4 aromatic rings. The number of rotatable bonds is 10. The minimum absolute atomic E-state index is 0.147. The molecule has 0 saturated heterocycles. The van der Waals surface area contributed by atoms with Crippen LogP contribution in [0.25, 0.3) is 6.08 Å². The number of anilines is 2. The first-order valence-electron chi connectivity index (χ1n) is 13.4. The predicted molar refractivity (Wildman–Crippen MR) is 167 cm³/mol. The molecule has 12 heteroatoms. The van der Waals surface area contributed by atoms with Gasteiger partial charge >= 0.3 is 0 Å². The van der Waals surface area contributed by atoms with Crippen LogP contribution >= 0.6 is 11.8 Å². The van der Waals surface area contributed by atoms with Crippen LogP contribution in [-0.4, -0.2) is 41.6 Å². The second-order valence-corrected chi connectivity index (χ2v) is 10.4. The minimum atomic E-state index is -0.674. The van der Waals surface area contributed by atoms with E-state index < -0.39 is 16.7 Å². The lowest BCUT2D eigenvalue weighted by molar-refractivity contribution is -0.385. The van der Waals surface area contributed by atoms with Gasteiger partial charge in [0, 0.05) is 34.0 Å². The van der Waals surface area contributed by atoms with Crippen LogP contribution in [0.15, 0.2) is 108 Å². The predicted octanol–water partition coefficient (Wildman–Crippen LogP) is 5.51. The number of carbonyl (C=O) groups is 3. The number of nitrogens with one attached hydrogen (secondary N) is 3. The van der Waals surface area contributed by atoms with Crippen LogP contribution in [0.1, 0.15) is 15.9 Å². The number of para-hydroxylation sites is 1. The van der Waals surface area contributed by atoms with Crippen LogP contribution in [0.5, 0.6) is 11.5 Å². The zero-order chi connectivity index (χ0) is 30.9. The second kappa shape index (κ2) is 14.0. The van der Waals surface area contributed by atoms with Crippen molar-refractivity contribution in [2.75, 3.05) is 29.6 Å². The van der Waals surface area contributed by atoms with Crippen molar-refractivity contribution in [3.05, 3.63) is 124 Å². The van der Waals surface area contributed by atoms with Gasteiger partial charge in [-0.1, -0.05) is 30.3 Å². The normalized spacial score (nSPS) is 12.1. The summed E-state index contributed by atoms with van der Waals surface area (Å²) in [6, 6.07) is 26.2. The summed E-state index contributed by atoms with van der Waals surface area (Å²) in [5.41, 5.74) is 1.09. The Balaban J connectivity index is 1.23. The number of carbonyl (C=O) groups excluding carboxylic acids is 3. The third kappa shape index (κ3) is 7.81. The van der Waals surface area contributed by atoms with Crippen LogP contribution in [0.2, 0.25) is 0 Å². The molecule has 0 unspecified atom stereocenters. The Labute approximate surface area is 256 Å². The largest absolute Gasteiger partial charge is 0.486 e. The molecule has 1 aliphatic heterocycles. The quantitative estimate of drug-likeness (QED) is 0.0922. The van der Waals surface area contributed by atoms with Gasteiger partial charge < -0.3 is 25.4 Å². The molecule has 0 radical (unpaired) electrons. The van der Waals surface area contributed by atoms with Gasteiger partial charge in [0.25, 0.3) is 17.5 Å². The van der Waals surface area contributed by atoms with Crippen molar-refractivity contribution >= 4 is 52.6 Å². The first kappa shape index (κ1) is 29.9. The Hall–Kier alpha value is -5.62. The SMILES string of the molecule is O=C(CSc1ccc(NC(=O)/C(=C/c2ccccc2[N+](=O)[O-])NC(=O)c2ccccc2)cc1)Nc1ccc2c(c1)OCCO2. The molecule has 1 heterocycles. The van der Waals surface area contributed by atoms with Gasteiger partial charge in [0.2, 0.25) is 5.91 Å². The van der Waals surface area contributed by atoms with Crippen molar-refractivity contribution in [3.63, 3.8) is 0 Å². The lowest BCUT2D eigenvalue weighted by atomic mass is 10.1. The molecule has 1 aliphatic rings. The Morgan fingerprint density at radius 3 is 2.25 bits per heavy atom. The van der Waals surface area contributed by atoms with Crippen LogP contribution in [0.3, 0.4) is 0 Å². The molecule has 0 aromatic heterocycles. The lowest BCUT2D eigenvalue weighted by Crippen LogP contribution is -2.30. The average Bonchev–Trinajstić information content (AvgIpc) is 3.04. The summed E-state index contributed by atoms with van der Waals surface area (Å²) >= 11 is 1.31. The van der Waals surface area contributed by atoms with Crippen molar-refractivity contribution in [3.8, 4) is 11.5 Å². The first-order valence-corrected chi connectivity index (χ1v) is 14.4. The van der Waals surface area contributed by atoms with Crippen LogP contribution in [0, 0.1) is 10.1 Å². The molecule has 0 bridgehead atoms. The van der Waals surface area contributed by atoms with Gasteiger partial charge in [-0.05, 0) is 60.7 Å². The van der Waals surface area contributed by atoms with Gasteiger partial charge in [-0.15, -0.1) is 11.8 Å². The Kier molecular flexibility index (Phi) is 9.52. The Morgan fingerprint density at radius 1 is 0.818 bits per heavy atom. The highest BCUT2D eigenvalue weighted by Crippen LogP contribution is 2.32. The van der Waals surface area contributed by atoms with Crippen LogP contribution in [-0.2, 0) is 9.59 Å². The summed E-state index contributed by atoms with van der Waals surface area (Å²) in [4.78, 5) is 50.4. The number of hydrogen-bond donors (Lipinski definition) is 3. The maximum Gasteiger partial charge on any atom is 0.276 e. The van der Waals surface area contributed by atoms with E-state index in [4.69, 9.17) is 9.47 Å². The third-order valence-corrected chi connectivity index (χ3v) is 7.28. The second-order valence-electron chi connectivity index (χ2n) is 9.37. The molecule has 0 saturated carbocycles. The van der Waals surface area contributed by atoms with E-state index in [0.29, 0.717) is 41.7 Å². The average molecular weight is 611 g/mol. The van der Waals surface area contributed by atoms with Gasteiger partial charge in [-0.25, -0.2) is 0 Å². The van der Waals surface area contributed by atoms with E-state index in [0.717, 1.165) is 4.90 Å². The van der Waals surface area contributed by atoms with Crippen molar-refractivity contribution in [1.82, 2.24) is 5.32 Å². The Morgan fingerprint density at radius 2 is 1.50 bits per heavy atom. The van der Waals surface area contributed by atoms with E-state index in [1.165, 1.54) is 36.0 Å². The molecule has 4 aromatic carbocycles. The zero-order valence-electron chi connectivity index (χ0n) is 23.1. The summed E-state index contributed by atoms with van der Waals surface area (Å²) in [6.45, 7) is 0.936. The number of thioether (sulfide) groups is 1. The minimum Gasteiger partial charge on any atom is -0.486 e. The van der Waals surface area contributed by atoms with E-state index in [9.17, 15) is 24.5 Å². The highest BCUT2D eigenvalue weighted by molar-refractivity contribution is 8.00. The van der Waals surface area contributed by atoms with Gasteiger partial charge in [-0.2, -0.15) is 0 Å². The van der Waals surface area contributed by atoms with Crippen molar-refractivity contribution in [2.45, 2.75) is 4.90 Å². The van der Waals surface area contributed by atoms with Gasteiger partial charge in [0.1, 0.15) is 18.9 Å². The summed E-state index contributed by atoms with van der Waals surface area (Å²) in [5.74, 6) is -0.0622. The molecular formula is C32H26N4O7S. The number of nitro groups is 1. The molecule has 0 atom stereocenters. The summed E-state index contributed by atoms with van der Waals surface area (Å²) in [5, 5.41) is 19.7. The monoisotopic (exact) mass is 610 g/mol. The van der Waals surface area contributed by atoms with E-state index >= 15 is 0 Å². The molecular weight excluding hydrogens is 584 g/mol. The molecule has 0 fully saturated rings. The highest BCUT2D eigenvalue weighted by Gasteiger charge is 2.19. The summed E-state index contributed by atoms with van der Waals surface area (Å²) in [6.07, 6.45) is 1.26. The molecule has 222 valence electrons. The number of nitro benzene ring substituents is 1. The van der Waals surface area contributed by atoms with E-state index in [-0.39, 0.29) is 28.6 Å². The van der Waals surface area contributed by atoms with E-state index in [1.54, 1.807) is 78.9 Å². The van der Waals surface area contributed by atoms with Gasteiger partial charge in [0.15, 0.2) is 11.5 Å². The lowest BCUT2D eigenvalue weighted by Gasteiger charge is -2.19. The summed E-state index contributed by atoms with van der Waals surface area (Å²) in [7, 11) is 0. The highest BCUT2D eigenvalue weighted by atomic mass is 32.2. The van der Waals surface area contributed by atoms with Crippen LogP contribution in [0.4, 0.5) is 17.1 Å². The fourth-order valence-corrected chi connectivity index (χ4v) is 4.87. The number of benzene rings is 4. The number of ether oxygens (including phenoxy) is 2. The number of hydrogen-bond acceptors (Lipinski definition) is 8. The standard InChI is InChI=1S/C32H26N4O7S/c37-30(33-24-12-15-28-29(19-24)43-17-16-42-28)20-44-25-13-10-23(11-14-25)34-32(39)26(35-31(38)21-6-2-1-3-7-21)18-22-8-4-5-9-27(22)36(40)41/h1-15,18-19H,16-17,20H2,(H,33,37)(H,34,39)(H,35,38)/b26-18-. The number of nitrogens with zero attached hydrogens (tertiary/aromatic N) is 1. The third-order valence-electron chi connectivity index (χ3n) is 6.27. The Bertz CT molecular complexity index is 1730. The van der Waals surface area contributed by atoms with E-state index in [2.05, 4.69) is 16.0 Å². The topological polar surface area (TPSA) is 149 Å². The molecule has 11 nitrogen and oxygen atoms in total. The van der Waals surface area contributed by atoms with Crippen molar-refractivity contribution in [1.29, 1.82) is 0 Å². The number of amides is 3. The van der Waals surface area contributed by atoms with Crippen LogP contribution < -0.4 is 25.4 Å². The summed E-state index contributed by atoms with van der Waals surface area (Å²) < 4.78 is 11.0. The molecule has 0 spiro atoms. The van der Waals surface area contributed by atoms with Crippen molar-refractivity contribution in [2.24, 2.45) is 0 Å². The number of fused-ring (bicyclic) bond motifs is 1. The molecule has 44 heavy (non-hydrogen) atoms. The molecule has 5 rings (SSSR count). The molecule has 3 amide bonds. The van der Waals surface area contributed by atoms with Gasteiger partial charge in [-0.3, -0.25) is 24.5 Å². The smallest absolute Gasteiger partial charge is 0.276 e. The fourth-order valence-electron chi connectivity index (χ4n) is 4.17. The maximum absolute atomic E-state index is 13.3. The molecule has 3 N–H and O–H groups in total. The fraction of sp³-hybridized carbons (Fsp3) is 0.0938. The maximum atomic E-state index is 13.3. The molecule has 0 aliphatic carbocycles. The zero-order valence-corrected chi connectivity index (χ0v) is 24.0. The van der Waals surface area contributed by atoms with E-state index in [1.807, 2.05) is 0 Å².